The van der Waals surface area contributed by atoms with Crippen LogP contribution in [0.3, 0.4) is 0 Å². The predicted octanol–water partition coefficient (Wildman–Crippen LogP) is 5.32. The van der Waals surface area contributed by atoms with Crippen LogP contribution in [0.25, 0.3) is 22.4 Å². The maximum Gasteiger partial charge on any atom is 0.338 e. The van der Waals surface area contributed by atoms with Gasteiger partial charge in [-0.3, -0.25) is 9.69 Å². The Morgan fingerprint density at radius 3 is 2.00 bits per heavy atom. The third kappa shape index (κ3) is 5.51. The van der Waals surface area contributed by atoms with Crippen molar-refractivity contribution in [2.45, 2.75) is 6.04 Å². The number of rotatable bonds is 7. The lowest BCUT2D eigenvalue weighted by Crippen LogP contribution is -2.50. The molecule has 0 saturated carbocycles. The first-order valence-electron chi connectivity index (χ1n) is 13.5. The largest absolute Gasteiger partial charge is 0.452 e. The Labute approximate surface area is 233 Å². The van der Waals surface area contributed by atoms with Crippen LogP contribution in [0.15, 0.2) is 109 Å². The van der Waals surface area contributed by atoms with Crippen molar-refractivity contribution in [2.24, 2.45) is 0 Å². The molecule has 1 aliphatic heterocycles. The average molecular weight is 531 g/mol. The van der Waals surface area contributed by atoms with E-state index in [9.17, 15) is 9.59 Å². The molecule has 6 rings (SSSR count). The Morgan fingerprint density at radius 2 is 1.38 bits per heavy atom. The van der Waals surface area contributed by atoms with Gasteiger partial charge in [0.1, 0.15) is 5.82 Å². The smallest absolute Gasteiger partial charge is 0.338 e. The molecule has 200 valence electrons. The Morgan fingerprint density at radius 1 is 0.775 bits per heavy atom. The van der Waals surface area contributed by atoms with Crippen LogP contribution >= 0.6 is 0 Å². The number of esters is 1. The number of nitrogens with one attached hydrogen (secondary N) is 1. The van der Waals surface area contributed by atoms with Crippen molar-refractivity contribution in [3.05, 3.63) is 126 Å². The van der Waals surface area contributed by atoms with Crippen molar-refractivity contribution >= 4 is 22.9 Å². The van der Waals surface area contributed by atoms with Crippen LogP contribution in [0.5, 0.6) is 0 Å². The second kappa shape index (κ2) is 11.6. The summed E-state index contributed by atoms with van der Waals surface area (Å²) in [5, 5.41) is 0. The summed E-state index contributed by atoms with van der Waals surface area (Å²) in [7, 11) is 0. The SMILES string of the molecule is O=C(OCC(=O)N1CCN(C(c2ccccc2)c2ccccc2)CC1)c1ccc2nc(-c3ccccc3)[nH]c2c1. The number of imidazole rings is 1. The predicted molar refractivity (Wildman–Crippen MR) is 155 cm³/mol. The van der Waals surface area contributed by atoms with Crippen molar-refractivity contribution in [3.63, 3.8) is 0 Å². The lowest BCUT2D eigenvalue weighted by Gasteiger charge is -2.39. The Bertz CT molecular complexity index is 1560. The topological polar surface area (TPSA) is 78.5 Å². The van der Waals surface area contributed by atoms with E-state index in [0.717, 1.165) is 35.5 Å². The highest BCUT2D eigenvalue weighted by atomic mass is 16.5. The van der Waals surface area contributed by atoms with Gasteiger partial charge in [0.2, 0.25) is 0 Å². The summed E-state index contributed by atoms with van der Waals surface area (Å²) >= 11 is 0. The van der Waals surface area contributed by atoms with Gasteiger partial charge < -0.3 is 14.6 Å². The number of carbonyl (C=O) groups excluding carboxylic acids is 2. The summed E-state index contributed by atoms with van der Waals surface area (Å²) < 4.78 is 5.42. The van der Waals surface area contributed by atoms with E-state index in [0.29, 0.717) is 18.7 Å². The Kier molecular flexibility index (Phi) is 7.37. The fourth-order valence-electron chi connectivity index (χ4n) is 5.29. The van der Waals surface area contributed by atoms with Gasteiger partial charge in [-0.25, -0.2) is 9.78 Å². The first-order valence-corrected chi connectivity index (χ1v) is 13.5. The molecule has 7 heteroatoms. The highest BCUT2D eigenvalue weighted by molar-refractivity contribution is 5.95. The molecule has 7 nitrogen and oxygen atoms in total. The molecule has 0 atom stereocenters. The van der Waals surface area contributed by atoms with E-state index in [1.54, 1.807) is 23.1 Å². The minimum atomic E-state index is -0.530. The van der Waals surface area contributed by atoms with Crippen LogP contribution in [0, 0.1) is 0 Å². The summed E-state index contributed by atoms with van der Waals surface area (Å²) in [6.07, 6.45) is 0. The van der Waals surface area contributed by atoms with E-state index in [4.69, 9.17) is 4.74 Å². The molecule has 0 radical (unpaired) electrons. The molecule has 1 N–H and O–H groups in total. The molecule has 1 saturated heterocycles. The number of benzene rings is 4. The van der Waals surface area contributed by atoms with Crippen LogP contribution in [0.4, 0.5) is 0 Å². The lowest BCUT2D eigenvalue weighted by molar-refractivity contribution is -0.136. The zero-order valence-electron chi connectivity index (χ0n) is 22.1. The molecule has 4 aromatic carbocycles. The lowest BCUT2D eigenvalue weighted by atomic mass is 9.96. The number of ether oxygens (including phenoxy) is 1. The number of aromatic amines is 1. The van der Waals surface area contributed by atoms with E-state index < -0.39 is 5.97 Å². The summed E-state index contributed by atoms with van der Waals surface area (Å²) in [6.45, 7) is 2.34. The van der Waals surface area contributed by atoms with Crippen molar-refractivity contribution < 1.29 is 14.3 Å². The maximum absolute atomic E-state index is 12.9. The Hall–Kier alpha value is -4.75. The van der Waals surface area contributed by atoms with Crippen LogP contribution in [0.2, 0.25) is 0 Å². The van der Waals surface area contributed by atoms with Crippen LogP contribution in [0.1, 0.15) is 27.5 Å². The average Bonchev–Trinajstić information content (AvgIpc) is 3.45. The molecule has 1 amide bonds. The number of carbonyl (C=O) groups is 2. The summed E-state index contributed by atoms with van der Waals surface area (Å²) in [6, 6.07) is 36.0. The molecule has 40 heavy (non-hydrogen) atoms. The molecular formula is C33H30N4O3. The zero-order chi connectivity index (χ0) is 27.3. The van der Waals surface area contributed by atoms with Gasteiger partial charge in [0, 0.05) is 31.7 Å². The van der Waals surface area contributed by atoms with Gasteiger partial charge in [0.25, 0.3) is 5.91 Å². The molecule has 5 aromatic rings. The third-order valence-electron chi connectivity index (χ3n) is 7.35. The summed E-state index contributed by atoms with van der Waals surface area (Å²) in [5.41, 5.74) is 5.30. The molecule has 0 aliphatic carbocycles. The number of H-pyrrole nitrogens is 1. The first kappa shape index (κ1) is 25.5. The van der Waals surface area contributed by atoms with Crippen molar-refractivity contribution in [3.8, 4) is 11.4 Å². The van der Waals surface area contributed by atoms with E-state index in [-0.39, 0.29) is 18.6 Å². The zero-order valence-corrected chi connectivity index (χ0v) is 22.1. The Balaban J connectivity index is 1.06. The summed E-state index contributed by atoms with van der Waals surface area (Å²) in [4.78, 5) is 37.8. The van der Waals surface area contributed by atoms with E-state index in [1.807, 2.05) is 42.5 Å². The molecule has 0 unspecified atom stereocenters. The van der Waals surface area contributed by atoms with Gasteiger partial charge in [-0.1, -0.05) is 91.0 Å². The van der Waals surface area contributed by atoms with Gasteiger partial charge in [-0.05, 0) is 29.3 Å². The second-order valence-electron chi connectivity index (χ2n) is 9.90. The molecule has 0 bridgehead atoms. The summed E-state index contributed by atoms with van der Waals surface area (Å²) in [5.74, 6) is 0.0214. The van der Waals surface area contributed by atoms with Gasteiger partial charge in [0.05, 0.1) is 22.6 Å². The maximum atomic E-state index is 12.9. The number of hydrogen-bond acceptors (Lipinski definition) is 5. The first-order chi connectivity index (χ1) is 19.7. The van der Waals surface area contributed by atoms with Crippen molar-refractivity contribution in [1.82, 2.24) is 19.8 Å². The van der Waals surface area contributed by atoms with Gasteiger partial charge >= 0.3 is 5.97 Å². The highest BCUT2D eigenvalue weighted by Gasteiger charge is 2.28. The third-order valence-corrected chi connectivity index (χ3v) is 7.35. The molecule has 1 aromatic heterocycles. The number of nitrogens with zero attached hydrogens (tertiary/aromatic N) is 3. The number of aromatic nitrogens is 2. The number of piperazine rings is 1. The monoisotopic (exact) mass is 530 g/mol. The van der Waals surface area contributed by atoms with E-state index in [1.165, 1.54) is 11.1 Å². The molecule has 0 spiro atoms. The van der Waals surface area contributed by atoms with Crippen molar-refractivity contribution in [1.29, 1.82) is 0 Å². The van der Waals surface area contributed by atoms with Crippen LogP contribution < -0.4 is 0 Å². The van der Waals surface area contributed by atoms with Crippen molar-refractivity contribution in [2.75, 3.05) is 32.8 Å². The van der Waals surface area contributed by atoms with Gasteiger partial charge in [0.15, 0.2) is 6.61 Å². The highest BCUT2D eigenvalue weighted by Crippen LogP contribution is 2.29. The number of hydrogen-bond donors (Lipinski definition) is 1. The molecular weight excluding hydrogens is 500 g/mol. The standard InChI is InChI=1S/C33H30N4O3/c38-30(23-40-33(39)27-16-17-28-29(22-27)35-32(34-28)26-14-8-3-9-15-26)36-18-20-37(21-19-36)31(24-10-4-1-5-11-24)25-12-6-2-7-13-25/h1-17,22,31H,18-21,23H2,(H,34,35). The molecule has 2 heterocycles. The normalized spacial score (nSPS) is 14.0. The van der Waals surface area contributed by atoms with Gasteiger partial charge in [-0.15, -0.1) is 0 Å². The van der Waals surface area contributed by atoms with E-state index in [2.05, 4.69) is 63.4 Å². The van der Waals surface area contributed by atoms with Crippen LogP contribution in [-0.4, -0.2) is 64.4 Å². The minimum absolute atomic E-state index is 0.122. The quantitative estimate of drug-likeness (QED) is 0.288. The van der Waals surface area contributed by atoms with Crippen LogP contribution in [-0.2, 0) is 9.53 Å². The second-order valence-corrected chi connectivity index (χ2v) is 9.90. The molecule has 1 fully saturated rings. The number of fused-ring (bicyclic) bond motifs is 1. The number of amides is 1. The van der Waals surface area contributed by atoms with E-state index >= 15 is 0 Å². The fourth-order valence-corrected chi connectivity index (χ4v) is 5.29. The fraction of sp³-hybridized carbons (Fsp3) is 0.182. The minimum Gasteiger partial charge on any atom is -0.452 e. The van der Waals surface area contributed by atoms with Gasteiger partial charge in [-0.2, -0.15) is 0 Å². The molecule has 1 aliphatic rings.